The van der Waals surface area contributed by atoms with Crippen molar-refractivity contribution in [2.24, 2.45) is 0 Å². The van der Waals surface area contributed by atoms with Gasteiger partial charge in [-0.25, -0.2) is 8.42 Å². The number of hydrogen-bond acceptors (Lipinski definition) is 2. The average molecular weight is 329 g/mol. The minimum absolute atomic E-state index is 0.336. The molecule has 0 fully saturated rings. The van der Waals surface area contributed by atoms with E-state index in [9.17, 15) is 21.6 Å². The predicted molar refractivity (Wildman–Crippen MR) is 77.1 cm³/mol. The molecule has 0 amide bonds. The van der Waals surface area contributed by atoms with Crippen LogP contribution in [-0.4, -0.2) is 18.2 Å². The molecule has 0 aliphatic carbocycles. The molecule has 0 bridgehead atoms. The maximum atomic E-state index is 12.9. The van der Waals surface area contributed by atoms with E-state index in [2.05, 4.69) is 0 Å². The van der Waals surface area contributed by atoms with Crippen molar-refractivity contribution in [1.29, 1.82) is 0 Å². The summed E-state index contributed by atoms with van der Waals surface area (Å²) in [6.45, 7) is -0.671. The van der Waals surface area contributed by atoms with Crippen LogP contribution < -0.4 is 0 Å². The molecule has 7 heteroatoms. The number of sulfonamides is 1. The lowest BCUT2D eigenvalue weighted by molar-refractivity contribution is -0.0493. The fourth-order valence-electron chi connectivity index (χ4n) is 1.95. The Morgan fingerprint density at radius 2 is 1.14 bits per heavy atom. The van der Waals surface area contributed by atoms with E-state index in [0.29, 0.717) is 15.4 Å². The van der Waals surface area contributed by atoms with Crippen LogP contribution in [0.25, 0.3) is 0 Å². The molecule has 0 saturated heterocycles. The molecule has 0 N–H and O–H groups in total. The molecule has 3 nitrogen and oxygen atoms in total. The van der Waals surface area contributed by atoms with E-state index in [-0.39, 0.29) is 13.1 Å². The van der Waals surface area contributed by atoms with Gasteiger partial charge in [0.15, 0.2) is 0 Å². The van der Waals surface area contributed by atoms with Gasteiger partial charge in [0.05, 0.1) is 0 Å². The third kappa shape index (κ3) is 3.86. The van der Waals surface area contributed by atoms with Crippen molar-refractivity contribution in [1.82, 2.24) is 4.31 Å². The molecular weight excluding hydrogens is 315 g/mol. The highest BCUT2D eigenvalue weighted by Crippen LogP contribution is 2.29. The maximum Gasteiger partial charge on any atom is 0.511 e. The molecular formula is C15H14F3NO2S. The van der Waals surface area contributed by atoms with Crippen LogP contribution in [0.4, 0.5) is 13.2 Å². The Hall–Kier alpha value is -1.86. The molecule has 2 rings (SSSR count). The van der Waals surface area contributed by atoms with Crippen LogP contribution in [0.15, 0.2) is 60.7 Å². The lowest BCUT2D eigenvalue weighted by atomic mass is 10.2. The van der Waals surface area contributed by atoms with Crippen molar-refractivity contribution in [3.8, 4) is 0 Å². The Morgan fingerprint density at radius 3 is 1.45 bits per heavy atom. The van der Waals surface area contributed by atoms with E-state index in [0.717, 1.165) is 0 Å². The largest absolute Gasteiger partial charge is 0.511 e. The van der Waals surface area contributed by atoms with E-state index >= 15 is 0 Å². The second kappa shape index (κ2) is 6.50. The molecule has 2 aromatic rings. The molecule has 0 atom stereocenters. The van der Waals surface area contributed by atoms with Gasteiger partial charge < -0.3 is 0 Å². The van der Waals surface area contributed by atoms with Gasteiger partial charge >= 0.3 is 15.5 Å². The van der Waals surface area contributed by atoms with Crippen molar-refractivity contribution >= 4 is 10.0 Å². The normalized spacial score (nSPS) is 12.5. The van der Waals surface area contributed by atoms with Crippen LogP contribution in [0.3, 0.4) is 0 Å². The monoisotopic (exact) mass is 329 g/mol. The average Bonchev–Trinajstić information content (AvgIpc) is 2.47. The SMILES string of the molecule is O=S(=O)(N(Cc1ccccc1)Cc1ccccc1)C(F)(F)F. The van der Waals surface area contributed by atoms with Crippen LogP contribution in [0, 0.1) is 0 Å². The summed E-state index contributed by atoms with van der Waals surface area (Å²) in [6.07, 6.45) is 0. The first-order chi connectivity index (χ1) is 10.3. The van der Waals surface area contributed by atoms with Crippen LogP contribution in [0.1, 0.15) is 11.1 Å². The van der Waals surface area contributed by atoms with Gasteiger partial charge in [-0.3, -0.25) is 0 Å². The first-order valence-corrected chi connectivity index (χ1v) is 7.89. The Balaban J connectivity index is 2.33. The van der Waals surface area contributed by atoms with E-state index in [1.807, 2.05) is 0 Å². The fourth-order valence-corrected chi connectivity index (χ4v) is 2.88. The second-order valence-corrected chi connectivity index (χ2v) is 6.62. The van der Waals surface area contributed by atoms with Crippen molar-refractivity contribution in [3.05, 3.63) is 71.8 Å². The van der Waals surface area contributed by atoms with Gasteiger partial charge in [0.25, 0.3) is 0 Å². The third-order valence-electron chi connectivity index (χ3n) is 3.04. The first kappa shape index (κ1) is 16.5. The summed E-state index contributed by atoms with van der Waals surface area (Å²) in [7, 11) is -5.40. The molecule has 0 spiro atoms. The number of rotatable bonds is 5. The highest BCUT2D eigenvalue weighted by Gasteiger charge is 2.49. The minimum Gasteiger partial charge on any atom is -0.203 e. The summed E-state index contributed by atoms with van der Waals surface area (Å²) in [5.41, 5.74) is -4.34. The van der Waals surface area contributed by atoms with Crippen molar-refractivity contribution in [2.75, 3.05) is 0 Å². The highest BCUT2D eigenvalue weighted by atomic mass is 32.2. The molecule has 0 radical (unpaired) electrons. The van der Waals surface area contributed by atoms with E-state index in [1.165, 1.54) is 0 Å². The zero-order valence-corrected chi connectivity index (χ0v) is 12.3. The lowest BCUT2D eigenvalue weighted by Crippen LogP contribution is -2.39. The maximum absolute atomic E-state index is 12.9. The first-order valence-electron chi connectivity index (χ1n) is 6.45. The van der Waals surface area contributed by atoms with Gasteiger partial charge in [-0.1, -0.05) is 60.7 Å². The van der Waals surface area contributed by atoms with Gasteiger partial charge in [0.2, 0.25) is 0 Å². The smallest absolute Gasteiger partial charge is 0.203 e. The molecule has 118 valence electrons. The van der Waals surface area contributed by atoms with Crippen LogP contribution in [0.5, 0.6) is 0 Å². The molecule has 0 heterocycles. The van der Waals surface area contributed by atoms with Gasteiger partial charge in [0, 0.05) is 13.1 Å². The third-order valence-corrected chi connectivity index (χ3v) is 4.56. The summed E-state index contributed by atoms with van der Waals surface area (Å²) in [6, 6.07) is 16.4. The molecule has 0 aromatic heterocycles. The molecule has 0 saturated carbocycles. The van der Waals surface area contributed by atoms with Gasteiger partial charge in [-0.2, -0.15) is 17.5 Å². The van der Waals surface area contributed by atoms with Crippen LogP contribution in [0.2, 0.25) is 0 Å². The van der Waals surface area contributed by atoms with Gasteiger partial charge in [-0.05, 0) is 11.1 Å². The van der Waals surface area contributed by atoms with Crippen LogP contribution in [-0.2, 0) is 23.1 Å². The zero-order valence-electron chi connectivity index (χ0n) is 11.5. The molecule has 2 aromatic carbocycles. The number of alkyl halides is 3. The topological polar surface area (TPSA) is 37.4 Å². The quantitative estimate of drug-likeness (QED) is 0.841. The Labute approximate surface area is 127 Å². The Morgan fingerprint density at radius 1 is 0.773 bits per heavy atom. The lowest BCUT2D eigenvalue weighted by Gasteiger charge is -2.23. The molecule has 22 heavy (non-hydrogen) atoms. The summed E-state index contributed by atoms with van der Waals surface area (Å²) >= 11 is 0. The summed E-state index contributed by atoms with van der Waals surface area (Å²) in [5.74, 6) is 0. The fraction of sp³-hybridized carbons (Fsp3) is 0.200. The standard InChI is InChI=1S/C15H14F3NO2S/c16-15(17,18)22(20,21)19(11-13-7-3-1-4-8-13)12-14-9-5-2-6-10-14/h1-10H,11-12H2. The number of halogens is 3. The van der Waals surface area contributed by atoms with Crippen LogP contribution >= 0.6 is 0 Å². The van der Waals surface area contributed by atoms with Gasteiger partial charge in [0.1, 0.15) is 0 Å². The predicted octanol–water partition coefficient (Wildman–Crippen LogP) is 3.54. The summed E-state index contributed by atoms with van der Waals surface area (Å²) in [4.78, 5) is 0. The molecule has 0 unspecified atom stereocenters. The Kier molecular flexibility index (Phi) is 4.87. The molecule has 0 aliphatic heterocycles. The van der Waals surface area contributed by atoms with Crippen molar-refractivity contribution in [3.63, 3.8) is 0 Å². The number of nitrogens with zero attached hydrogens (tertiary/aromatic N) is 1. The van der Waals surface area contributed by atoms with E-state index in [1.54, 1.807) is 60.7 Å². The zero-order chi connectivity index (χ0) is 16.2. The van der Waals surface area contributed by atoms with Gasteiger partial charge in [-0.15, -0.1) is 0 Å². The van der Waals surface area contributed by atoms with E-state index in [4.69, 9.17) is 0 Å². The van der Waals surface area contributed by atoms with Crippen molar-refractivity contribution in [2.45, 2.75) is 18.6 Å². The van der Waals surface area contributed by atoms with Crippen molar-refractivity contribution < 1.29 is 21.6 Å². The minimum atomic E-state index is -5.40. The van der Waals surface area contributed by atoms with E-state index < -0.39 is 15.5 Å². The number of hydrogen-bond donors (Lipinski definition) is 0. The summed E-state index contributed by atoms with van der Waals surface area (Å²) < 4.78 is 62.5. The highest BCUT2D eigenvalue weighted by molar-refractivity contribution is 7.89. The Bertz CT molecular complexity index is 659. The summed E-state index contributed by atoms with van der Waals surface area (Å²) in [5, 5.41) is 0. The second-order valence-electron chi connectivity index (χ2n) is 4.69. The molecule has 0 aliphatic rings. The number of benzene rings is 2.